The molecule has 0 amide bonds. The summed E-state index contributed by atoms with van der Waals surface area (Å²) in [6, 6.07) is 4.94. The number of thioether (sulfide) groups is 1. The van der Waals surface area contributed by atoms with Gasteiger partial charge in [0.1, 0.15) is 5.82 Å². The fourth-order valence-electron chi connectivity index (χ4n) is 2.30. The molecule has 2 heterocycles. The van der Waals surface area contributed by atoms with Crippen molar-refractivity contribution < 1.29 is 0 Å². The molecule has 2 rings (SSSR count). The third kappa shape index (κ3) is 4.39. The molecule has 1 saturated heterocycles. The molecule has 0 aromatic carbocycles. The van der Waals surface area contributed by atoms with Gasteiger partial charge in [-0.25, -0.2) is 4.98 Å². The van der Waals surface area contributed by atoms with Crippen LogP contribution in [0, 0.1) is 5.92 Å². The minimum absolute atomic E-state index is 0.588. The van der Waals surface area contributed by atoms with Crippen molar-refractivity contribution in [3.8, 4) is 0 Å². The average Bonchev–Trinajstić information content (AvgIpc) is 2.39. The predicted molar refractivity (Wildman–Crippen MR) is 84.9 cm³/mol. The number of hydrogen-bond acceptors (Lipinski definition) is 4. The van der Waals surface area contributed by atoms with Crippen molar-refractivity contribution in [3.05, 3.63) is 23.9 Å². The molecule has 3 nitrogen and oxygen atoms in total. The summed E-state index contributed by atoms with van der Waals surface area (Å²) in [7, 11) is 0. The summed E-state index contributed by atoms with van der Waals surface area (Å²) in [6.45, 7) is 9.87. The van der Waals surface area contributed by atoms with Crippen LogP contribution in [-0.2, 0) is 6.54 Å². The van der Waals surface area contributed by atoms with Gasteiger partial charge in [0.05, 0.1) is 0 Å². The van der Waals surface area contributed by atoms with Gasteiger partial charge in [-0.1, -0.05) is 13.8 Å². The van der Waals surface area contributed by atoms with E-state index < -0.39 is 0 Å². The van der Waals surface area contributed by atoms with Crippen molar-refractivity contribution in [3.63, 3.8) is 0 Å². The lowest BCUT2D eigenvalue weighted by Gasteiger charge is -2.34. The first-order valence-corrected chi connectivity index (χ1v) is 8.32. The minimum Gasteiger partial charge on any atom is -0.352 e. The highest BCUT2D eigenvalue weighted by Crippen LogP contribution is 2.22. The van der Waals surface area contributed by atoms with Crippen molar-refractivity contribution in [2.24, 2.45) is 5.92 Å². The van der Waals surface area contributed by atoms with Gasteiger partial charge in [0, 0.05) is 36.8 Å². The van der Waals surface area contributed by atoms with Crippen LogP contribution in [0.15, 0.2) is 18.3 Å². The second-order valence-electron chi connectivity index (χ2n) is 5.66. The highest BCUT2D eigenvalue weighted by Gasteiger charge is 2.19. The zero-order chi connectivity index (χ0) is 13.7. The summed E-state index contributed by atoms with van der Waals surface area (Å²) in [5.41, 5.74) is 1.33. The van der Waals surface area contributed by atoms with E-state index in [1.54, 1.807) is 0 Å². The van der Waals surface area contributed by atoms with Crippen LogP contribution < -0.4 is 10.2 Å². The van der Waals surface area contributed by atoms with Crippen LogP contribution in [0.3, 0.4) is 0 Å². The van der Waals surface area contributed by atoms with E-state index in [1.807, 2.05) is 18.0 Å². The summed E-state index contributed by atoms with van der Waals surface area (Å²) in [5.74, 6) is 4.25. The molecule has 0 bridgehead atoms. The van der Waals surface area contributed by atoms with Crippen LogP contribution in [-0.4, -0.2) is 35.6 Å². The van der Waals surface area contributed by atoms with Crippen LogP contribution in [0.1, 0.15) is 26.3 Å². The van der Waals surface area contributed by atoms with Gasteiger partial charge in [-0.15, -0.1) is 0 Å². The molecular weight excluding hydrogens is 254 g/mol. The molecule has 0 radical (unpaired) electrons. The SMILES string of the molecule is CC(C)CNCc1ccnc(N2CCSCC2C)c1. The van der Waals surface area contributed by atoms with Crippen LogP contribution in [0.5, 0.6) is 0 Å². The largest absolute Gasteiger partial charge is 0.352 e. The molecule has 1 N–H and O–H groups in total. The Morgan fingerprint density at radius 2 is 2.37 bits per heavy atom. The van der Waals surface area contributed by atoms with Crippen LogP contribution >= 0.6 is 11.8 Å². The van der Waals surface area contributed by atoms with Crippen LogP contribution in [0.4, 0.5) is 5.82 Å². The maximum Gasteiger partial charge on any atom is 0.129 e. The van der Waals surface area contributed by atoms with Gasteiger partial charge in [-0.2, -0.15) is 11.8 Å². The lowest BCUT2D eigenvalue weighted by molar-refractivity contribution is 0.552. The molecule has 4 heteroatoms. The fraction of sp³-hybridized carbons (Fsp3) is 0.667. The molecule has 1 atom stereocenters. The van der Waals surface area contributed by atoms with Crippen molar-refractivity contribution >= 4 is 17.6 Å². The lowest BCUT2D eigenvalue weighted by atomic mass is 10.2. The van der Waals surface area contributed by atoms with Gasteiger partial charge in [0.15, 0.2) is 0 Å². The first kappa shape index (κ1) is 14.7. The van der Waals surface area contributed by atoms with E-state index in [0.29, 0.717) is 12.0 Å². The molecule has 0 aliphatic carbocycles. The molecule has 19 heavy (non-hydrogen) atoms. The van der Waals surface area contributed by atoms with Crippen molar-refractivity contribution in [2.75, 3.05) is 29.5 Å². The number of hydrogen-bond donors (Lipinski definition) is 1. The zero-order valence-corrected chi connectivity index (χ0v) is 13.0. The van der Waals surface area contributed by atoms with Gasteiger partial charge >= 0.3 is 0 Å². The van der Waals surface area contributed by atoms with Crippen molar-refractivity contribution in [2.45, 2.75) is 33.4 Å². The number of rotatable bonds is 5. The zero-order valence-electron chi connectivity index (χ0n) is 12.2. The van der Waals surface area contributed by atoms with Gasteiger partial charge in [0.25, 0.3) is 0 Å². The average molecular weight is 279 g/mol. The quantitative estimate of drug-likeness (QED) is 0.897. The minimum atomic E-state index is 0.588. The number of nitrogens with one attached hydrogen (secondary N) is 1. The number of nitrogens with zero attached hydrogens (tertiary/aromatic N) is 2. The summed E-state index contributed by atoms with van der Waals surface area (Å²) in [6.07, 6.45) is 1.94. The monoisotopic (exact) mass is 279 g/mol. The van der Waals surface area contributed by atoms with E-state index in [1.165, 1.54) is 17.1 Å². The molecule has 1 aromatic heterocycles. The summed E-state index contributed by atoms with van der Waals surface area (Å²) >= 11 is 2.04. The Labute approximate surface area is 121 Å². The number of pyridine rings is 1. The molecule has 1 aliphatic rings. The van der Waals surface area contributed by atoms with E-state index in [0.717, 1.165) is 25.5 Å². The van der Waals surface area contributed by atoms with E-state index in [-0.39, 0.29) is 0 Å². The Morgan fingerprint density at radius 3 is 3.11 bits per heavy atom. The first-order chi connectivity index (χ1) is 9.16. The molecule has 106 valence electrons. The summed E-state index contributed by atoms with van der Waals surface area (Å²) in [5, 5.41) is 3.49. The highest BCUT2D eigenvalue weighted by molar-refractivity contribution is 7.99. The van der Waals surface area contributed by atoms with Crippen molar-refractivity contribution in [1.82, 2.24) is 10.3 Å². The fourth-order valence-corrected chi connectivity index (χ4v) is 3.31. The molecule has 0 spiro atoms. The predicted octanol–water partition coefficient (Wildman–Crippen LogP) is 2.77. The second kappa shape index (κ2) is 7.15. The van der Waals surface area contributed by atoms with Crippen molar-refractivity contribution in [1.29, 1.82) is 0 Å². The highest BCUT2D eigenvalue weighted by atomic mass is 32.2. The second-order valence-corrected chi connectivity index (χ2v) is 6.81. The Bertz CT molecular complexity index is 395. The normalized spacial score (nSPS) is 20.0. The molecule has 1 fully saturated rings. The topological polar surface area (TPSA) is 28.2 Å². The van der Waals surface area contributed by atoms with E-state index in [9.17, 15) is 0 Å². The van der Waals surface area contributed by atoms with Gasteiger partial charge in [-0.05, 0) is 37.1 Å². The third-order valence-electron chi connectivity index (χ3n) is 3.35. The third-order valence-corrected chi connectivity index (χ3v) is 4.54. The van der Waals surface area contributed by atoms with Gasteiger partial charge < -0.3 is 10.2 Å². The standard InChI is InChI=1S/C15H25N3S/c1-12(2)9-16-10-14-4-5-17-15(8-14)18-6-7-19-11-13(18)3/h4-5,8,12-13,16H,6-7,9-11H2,1-3H3. The maximum atomic E-state index is 4.55. The summed E-state index contributed by atoms with van der Waals surface area (Å²) < 4.78 is 0. The number of aromatic nitrogens is 1. The Balaban J connectivity index is 1.98. The lowest BCUT2D eigenvalue weighted by Crippen LogP contribution is -2.40. The Kier molecular flexibility index (Phi) is 5.52. The number of anilines is 1. The van der Waals surface area contributed by atoms with Gasteiger partial charge in [-0.3, -0.25) is 0 Å². The van der Waals surface area contributed by atoms with E-state index in [2.05, 4.69) is 48.1 Å². The summed E-state index contributed by atoms with van der Waals surface area (Å²) in [4.78, 5) is 6.98. The van der Waals surface area contributed by atoms with Gasteiger partial charge in [0.2, 0.25) is 0 Å². The first-order valence-electron chi connectivity index (χ1n) is 7.17. The molecule has 0 saturated carbocycles. The molecule has 1 aromatic rings. The molecular formula is C15H25N3S. The maximum absolute atomic E-state index is 4.55. The smallest absolute Gasteiger partial charge is 0.129 e. The Hall–Kier alpha value is -0.740. The van der Waals surface area contributed by atoms with Crippen LogP contribution in [0.2, 0.25) is 0 Å². The van der Waals surface area contributed by atoms with E-state index in [4.69, 9.17) is 0 Å². The molecule has 1 unspecified atom stereocenters. The van der Waals surface area contributed by atoms with Crippen LogP contribution in [0.25, 0.3) is 0 Å². The molecule has 1 aliphatic heterocycles. The van der Waals surface area contributed by atoms with E-state index >= 15 is 0 Å². The Morgan fingerprint density at radius 1 is 1.53 bits per heavy atom.